The van der Waals surface area contributed by atoms with Crippen molar-refractivity contribution in [1.29, 1.82) is 0 Å². The minimum atomic E-state index is -0.830. The zero-order valence-corrected chi connectivity index (χ0v) is 49.9. The first-order valence-corrected chi connectivity index (χ1v) is 27.0. The second kappa shape index (κ2) is 72.2. The molecule has 4 rings (SSSR count). The normalized spacial score (nSPS) is 10.4. The van der Waals surface area contributed by atoms with E-state index in [2.05, 4.69) is 10.6 Å². The largest absolute Gasteiger partial charge is 0.480 e. The molecule has 4 aromatic carbocycles. The number of nitrogens with zero attached hydrogens (tertiary/aromatic N) is 1. The molecule has 0 fully saturated rings. The van der Waals surface area contributed by atoms with E-state index in [0.29, 0.717) is 25.5 Å². The average molecular weight is 1020 g/mol. The second-order valence-corrected chi connectivity index (χ2v) is 12.8. The lowest BCUT2D eigenvalue weighted by atomic mass is 10.2. The van der Waals surface area contributed by atoms with Gasteiger partial charge in [0.1, 0.15) is 17.9 Å². The summed E-state index contributed by atoms with van der Waals surface area (Å²) < 4.78 is 0. The maximum atomic E-state index is 11.3. The summed E-state index contributed by atoms with van der Waals surface area (Å²) in [6.07, 6.45) is 15.8. The Morgan fingerprint density at radius 1 is 0.472 bits per heavy atom. The van der Waals surface area contributed by atoms with Gasteiger partial charge in [0, 0.05) is 25.5 Å². The molecule has 3 atom stereocenters. The van der Waals surface area contributed by atoms with E-state index in [9.17, 15) is 19.5 Å². The Labute approximate surface area is 448 Å². The van der Waals surface area contributed by atoms with E-state index in [1.165, 1.54) is 5.56 Å². The molecule has 0 aromatic heterocycles. The minimum Gasteiger partial charge on any atom is -0.480 e. The van der Waals surface area contributed by atoms with Gasteiger partial charge in [-0.05, 0) is 57.0 Å². The molecule has 0 aliphatic heterocycles. The van der Waals surface area contributed by atoms with E-state index in [1.54, 1.807) is 27.8 Å². The number of rotatable bonds is 17. The molecule has 8 nitrogen and oxygen atoms in total. The number of allylic oxidation sites excluding steroid dienone is 1. The topological polar surface area (TPSA) is 119 Å². The number of carboxylic acid groups (broad SMARTS) is 2. The van der Waals surface area contributed by atoms with Crippen LogP contribution in [0.25, 0.3) is 24.3 Å². The van der Waals surface area contributed by atoms with Crippen LogP contribution in [0.3, 0.4) is 0 Å². The molecule has 0 aliphatic carbocycles. The van der Waals surface area contributed by atoms with E-state index in [1.807, 2.05) is 293 Å². The lowest BCUT2D eigenvalue weighted by Gasteiger charge is -2.23. The quantitative estimate of drug-likeness (QED) is 0.0773. The third-order valence-electron chi connectivity index (χ3n) is 8.07. The summed E-state index contributed by atoms with van der Waals surface area (Å²) in [6.45, 7) is 40.5. The molecular formula is C63H106ClN3O5. The first kappa shape index (κ1) is 83.5. The number of hydrogen-bond donors (Lipinski definition) is 4. The number of nitrogens with one attached hydrogen (secondary N) is 2. The molecule has 72 heavy (non-hydrogen) atoms. The summed E-state index contributed by atoms with van der Waals surface area (Å²) in [7, 11) is 1.77. The maximum Gasteiger partial charge on any atom is 0.320 e. The number of ketones is 1. The third-order valence-corrected chi connectivity index (χ3v) is 8.25. The molecule has 0 radical (unpaired) electrons. The van der Waals surface area contributed by atoms with Crippen molar-refractivity contribution in [3.05, 3.63) is 168 Å². The van der Waals surface area contributed by atoms with Crippen LogP contribution >= 0.6 is 11.6 Å². The number of likely N-dealkylation sites (N-methyl/N-ethyl adjacent to an activating group) is 1. The van der Waals surface area contributed by atoms with Gasteiger partial charge in [-0.1, -0.05) is 281 Å². The van der Waals surface area contributed by atoms with Gasteiger partial charge in [0.25, 0.3) is 0 Å². The monoisotopic (exact) mass is 1020 g/mol. The van der Waals surface area contributed by atoms with Crippen molar-refractivity contribution < 1.29 is 24.6 Å². The summed E-state index contributed by atoms with van der Waals surface area (Å²) in [5.41, 5.74) is 4.53. The number of alkyl halides is 1. The van der Waals surface area contributed by atoms with Gasteiger partial charge in [0.15, 0.2) is 0 Å². The van der Waals surface area contributed by atoms with Crippen LogP contribution < -0.4 is 10.6 Å². The number of hydrogen-bond acceptors (Lipinski definition) is 6. The van der Waals surface area contributed by atoms with Crippen LogP contribution in [-0.2, 0) is 14.4 Å². The fraction of sp³-hybridized carbons (Fsp3) is 0.444. The lowest BCUT2D eigenvalue weighted by molar-refractivity contribution is -0.142. The fourth-order valence-corrected chi connectivity index (χ4v) is 4.45. The van der Waals surface area contributed by atoms with E-state index in [0.717, 1.165) is 16.7 Å². The molecule has 0 heterocycles. The van der Waals surface area contributed by atoms with Gasteiger partial charge in [-0.3, -0.25) is 19.3 Å². The smallest absolute Gasteiger partial charge is 0.320 e. The Morgan fingerprint density at radius 3 is 0.972 bits per heavy atom. The van der Waals surface area contributed by atoms with E-state index in [4.69, 9.17) is 16.7 Å². The Morgan fingerprint density at radius 2 is 0.750 bits per heavy atom. The first-order valence-electron chi connectivity index (χ1n) is 26.5. The van der Waals surface area contributed by atoms with E-state index >= 15 is 0 Å². The highest BCUT2D eigenvalue weighted by Crippen LogP contribution is 2.07. The van der Waals surface area contributed by atoms with Crippen LogP contribution in [0.1, 0.15) is 161 Å². The number of halogens is 1. The summed E-state index contributed by atoms with van der Waals surface area (Å²) in [4.78, 5) is 34.0. The van der Waals surface area contributed by atoms with Crippen LogP contribution in [0.5, 0.6) is 0 Å². The van der Waals surface area contributed by atoms with Gasteiger partial charge in [-0.25, -0.2) is 0 Å². The van der Waals surface area contributed by atoms with Gasteiger partial charge in [-0.15, -0.1) is 11.6 Å². The third kappa shape index (κ3) is 57.2. The first-order chi connectivity index (χ1) is 35.0. The molecule has 0 saturated heterocycles. The van der Waals surface area contributed by atoms with Crippen molar-refractivity contribution >= 4 is 53.6 Å². The molecule has 9 heteroatoms. The Bertz CT molecular complexity index is 1700. The average Bonchev–Trinajstić information content (AvgIpc) is 3.46. The molecule has 410 valence electrons. The van der Waals surface area contributed by atoms with Gasteiger partial charge >= 0.3 is 11.9 Å². The van der Waals surface area contributed by atoms with Crippen LogP contribution in [0.15, 0.2) is 146 Å². The SMILES string of the molecule is CC.CC.CC.CC.CC.CC.CC.CC.CC(C(=O)O)N(C/C=C/c1ccccc1)C/C=C/c1ccccc1.CC(NC/C=C/c1ccccc1)C(=O)O.CNC(C)C(C)=O.ClC/C=C/c1ccccc1. The fourth-order valence-electron chi connectivity index (χ4n) is 4.36. The number of Topliss-reactive ketones (excluding diaryl/α,β-unsaturated/α-hetero) is 1. The zero-order chi connectivity index (χ0) is 57.4. The highest BCUT2D eigenvalue weighted by atomic mass is 35.5. The van der Waals surface area contributed by atoms with Gasteiger partial charge in [0.05, 0.1) is 6.04 Å². The summed E-state index contributed by atoms with van der Waals surface area (Å²) in [5.74, 6) is -0.878. The van der Waals surface area contributed by atoms with Gasteiger partial charge < -0.3 is 20.8 Å². The molecule has 4 aromatic rings. The number of aliphatic carboxylic acids is 2. The van der Waals surface area contributed by atoms with Crippen molar-refractivity contribution in [2.24, 2.45) is 0 Å². The van der Waals surface area contributed by atoms with Crippen LogP contribution in [0.4, 0.5) is 0 Å². The summed E-state index contributed by atoms with van der Waals surface area (Å²) in [5, 5.41) is 23.6. The Kier molecular flexibility index (Phi) is 83.7. The summed E-state index contributed by atoms with van der Waals surface area (Å²) >= 11 is 5.46. The number of carbonyl (C=O) groups excluding carboxylic acids is 1. The Balaban J connectivity index is -0.000000123. The number of carbonyl (C=O) groups is 3. The molecule has 4 N–H and O–H groups in total. The molecule has 0 bridgehead atoms. The highest BCUT2D eigenvalue weighted by Gasteiger charge is 2.18. The number of carboxylic acids is 2. The lowest BCUT2D eigenvalue weighted by Crippen LogP contribution is -2.39. The molecule has 0 amide bonds. The standard InChI is InChI=1S/C21H23NO2.C12H15NO2.C9H9Cl.C5H11NO.8C2H6/c1-18(21(23)24)22(16-8-14-19-10-4-2-5-11-19)17-9-15-20-12-6-3-7-13-20;1-10(12(14)15)13-9-5-8-11-6-3-2-4-7-11;10-8-4-7-9-5-2-1-3-6-9;1-4(6-3)5(2)7;8*1-2/h2-15,18H,16-17H2,1H3,(H,23,24);2-8,10,13H,9H2,1H3,(H,14,15);1-7H,8H2;4,6H,1-3H3;8*1-2H3/b14-8+,15-9+;8-5+;7-4+;;;;;;;;;. The molecule has 0 spiro atoms. The van der Waals surface area contributed by atoms with Crippen molar-refractivity contribution in [3.63, 3.8) is 0 Å². The molecule has 0 aliphatic rings. The maximum absolute atomic E-state index is 11.3. The summed E-state index contributed by atoms with van der Waals surface area (Å²) in [6, 6.07) is 39.0. The van der Waals surface area contributed by atoms with Crippen LogP contribution in [0.2, 0.25) is 0 Å². The molecule has 0 saturated carbocycles. The second-order valence-electron chi connectivity index (χ2n) is 12.5. The van der Waals surface area contributed by atoms with E-state index in [-0.39, 0.29) is 11.8 Å². The van der Waals surface area contributed by atoms with Crippen LogP contribution in [0, 0.1) is 0 Å². The highest BCUT2D eigenvalue weighted by molar-refractivity contribution is 6.19. The number of benzene rings is 4. The van der Waals surface area contributed by atoms with Crippen molar-refractivity contribution in [3.8, 4) is 0 Å². The van der Waals surface area contributed by atoms with Crippen LogP contribution in [-0.4, -0.2) is 83.5 Å². The molecular weight excluding hydrogens is 914 g/mol. The van der Waals surface area contributed by atoms with E-state index < -0.39 is 24.0 Å². The minimum absolute atomic E-state index is 0.0139. The van der Waals surface area contributed by atoms with Crippen molar-refractivity contribution in [2.45, 2.75) is 157 Å². The van der Waals surface area contributed by atoms with Crippen molar-refractivity contribution in [2.75, 3.05) is 32.6 Å². The van der Waals surface area contributed by atoms with Gasteiger partial charge in [0.2, 0.25) is 0 Å². The predicted molar refractivity (Wildman–Crippen MR) is 326 cm³/mol. The zero-order valence-electron chi connectivity index (χ0n) is 49.2. The Hall–Kier alpha value is -5.38. The molecule has 3 unspecified atom stereocenters. The van der Waals surface area contributed by atoms with Gasteiger partial charge in [-0.2, -0.15) is 0 Å². The predicted octanol–water partition coefficient (Wildman–Crippen LogP) is 17.3. The van der Waals surface area contributed by atoms with Crippen molar-refractivity contribution in [1.82, 2.24) is 15.5 Å².